The normalized spacial score (nSPS) is 10.8. The summed E-state index contributed by atoms with van der Waals surface area (Å²) in [5.74, 6) is 0.648. The smallest absolute Gasteiger partial charge is 0.337 e. The van der Waals surface area contributed by atoms with E-state index >= 15 is 0 Å². The second-order valence-corrected chi connectivity index (χ2v) is 6.22. The average molecular weight is 368 g/mol. The molecular formula is C18H20N6O3. The molecular weight excluding hydrogens is 348 g/mol. The first kappa shape index (κ1) is 18.4. The summed E-state index contributed by atoms with van der Waals surface area (Å²) in [4.78, 5) is 38.0. The van der Waals surface area contributed by atoms with Crippen LogP contribution in [0.25, 0.3) is 11.4 Å². The maximum atomic E-state index is 12.4. The van der Waals surface area contributed by atoms with E-state index < -0.39 is 0 Å². The quantitative estimate of drug-likeness (QED) is 0.646. The van der Waals surface area contributed by atoms with Crippen molar-refractivity contribution >= 4 is 5.91 Å². The van der Waals surface area contributed by atoms with Gasteiger partial charge in [-0.1, -0.05) is 5.16 Å². The highest BCUT2D eigenvalue weighted by Crippen LogP contribution is 2.14. The van der Waals surface area contributed by atoms with Crippen molar-refractivity contribution in [2.45, 2.75) is 33.4 Å². The zero-order valence-corrected chi connectivity index (χ0v) is 15.4. The van der Waals surface area contributed by atoms with E-state index in [1.165, 1.54) is 9.47 Å². The Labute approximate surface area is 155 Å². The van der Waals surface area contributed by atoms with Gasteiger partial charge in [-0.2, -0.15) is 9.97 Å². The summed E-state index contributed by atoms with van der Waals surface area (Å²) < 4.78 is 6.71. The maximum Gasteiger partial charge on any atom is 0.347 e. The molecule has 0 saturated carbocycles. The van der Waals surface area contributed by atoms with Crippen molar-refractivity contribution in [2.24, 2.45) is 0 Å². The van der Waals surface area contributed by atoms with Crippen LogP contribution in [0.2, 0.25) is 0 Å². The first-order chi connectivity index (χ1) is 12.9. The minimum atomic E-state index is -0.346. The molecule has 3 aromatic rings. The highest BCUT2D eigenvalue weighted by molar-refractivity contribution is 5.75. The van der Waals surface area contributed by atoms with E-state index in [2.05, 4.69) is 20.1 Å². The van der Waals surface area contributed by atoms with Gasteiger partial charge in [-0.25, -0.2) is 4.79 Å². The van der Waals surface area contributed by atoms with Gasteiger partial charge in [0.2, 0.25) is 17.6 Å². The zero-order valence-electron chi connectivity index (χ0n) is 15.4. The van der Waals surface area contributed by atoms with Crippen LogP contribution in [0.1, 0.15) is 23.7 Å². The second kappa shape index (κ2) is 7.90. The number of hydrogen-bond donors (Lipinski definition) is 0. The third-order valence-electron chi connectivity index (χ3n) is 4.10. The summed E-state index contributed by atoms with van der Waals surface area (Å²) in [6, 6.07) is 5.37. The largest absolute Gasteiger partial charge is 0.347 e. The number of pyridine rings is 1. The number of carbonyl (C=O) groups is 1. The van der Waals surface area contributed by atoms with Gasteiger partial charge in [-0.15, -0.1) is 0 Å². The highest BCUT2D eigenvalue weighted by Gasteiger charge is 2.15. The third-order valence-corrected chi connectivity index (χ3v) is 4.10. The fourth-order valence-electron chi connectivity index (χ4n) is 2.67. The molecule has 0 aliphatic heterocycles. The molecule has 1 amide bonds. The van der Waals surface area contributed by atoms with E-state index in [-0.39, 0.29) is 31.1 Å². The number of carbonyl (C=O) groups excluding carboxylic acids is 1. The SMILES string of the molecule is Cc1cc(C)n(CCC(=O)N(C)Cc2nc(-c3ccncc3)no2)c(=O)n1. The van der Waals surface area contributed by atoms with Crippen LogP contribution in [0.15, 0.2) is 39.9 Å². The fraction of sp³-hybridized carbons (Fsp3) is 0.333. The van der Waals surface area contributed by atoms with Crippen LogP contribution < -0.4 is 5.69 Å². The lowest BCUT2D eigenvalue weighted by atomic mass is 10.2. The first-order valence-corrected chi connectivity index (χ1v) is 8.46. The summed E-state index contributed by atoms with van der Waals surface area (Å²) >= 11 is 0. The van der Waals surface area contributed by atoms with E-state index in [1.807, 2.05) is 13.0 Å². The van der Waals surface area contributed by atoms with E-state index in [0.717, 1.165) is 11.3 Å². The van der Waals surface area contributed by atoms with Gasteiger partial charge >= 0.3 is 5.69 Å². The molecule has 0 fully saturated rings. The lowest BCUT2D eigenvalue weighted by Gasteiger charge is -2.16. The van der Waals surface area contributed by atoms with Gasteiger partial charge in [0, 0.05) is 49.4 Å². The van der Waals surface area contributed by atoms with E-state index in [9.17, 15) is 9.59 Å². The van der Waals surface area contributed by atoms with Gasteiger partial charge in [-0.3, -0.25) is 14.3 Å². The summed E-state index contributed by atoms with van der Waals surface area (Å²) in [5.41, 5.74) is 1.89. The number of aryl methyl sites for hydroxylation is 2. The van der Waals surface area contributed by atoms with Crippen molar-refractivity contribution in [3.8, 4) is 11.4 Å². The van der Waals surface area contributed by atoms with Crippen molar-refractivity contribution in [1.29, 1.82) is 0 Å². The van der Waals surface area contributed by atoms with Crippen LogP contribution in [0.4, 0.5) is 0 Å². The van der Waals surface area contributed by atoms with E-state index in [4.69, 9.17) is 4.52 Å². The molecule has 0 aliphatic carbocycles. The maximum absolute atomic E-state index is 12.4. The van der Waals surface area contributed by atoms with Crippen molar-refractivity contribution in [3.63, 3.8) is 0 Å². The Morgan fingerprint density at radius 1 is 1.22 bits per heavy atom. The molecule has 0 spiro atoms. The van der Waals surface area contributed by atoms with E-state index in [1.54, 1.807) is 38.5 Å². The molecule has 27 heavy (non-hydrogen) atoms. The van der Waals surface area contributed by atoms with Crippen molar-refractivity contribution in [2.75, 3.05) is 7.05 Å². The minimum Gasteiger partial charge on any atom is -0.337 e. The molecule has 0 radical (unpaired) electrons. The van der Waals surface area contributed by atoms with Crippen molar-refractivity contribution < 1.29 is 9.32 Å². The highest BCUT2D eigenvalue weighted by atomic mass is 16.5. The van der Waals surface area contributed by atoms with Crippen molar-refractivity contribution in [1.82, 2.24) is 29.6 Å². The predicted octanol–water partition coefficient (Wildman–Crippen LogP) is 1.35. The van der Waals surface area contributed by atoms with Gasteiger partial charge in [0.15, 0.2) is 0 Å². The molecule has 9 nitrogen and oxygen atoms in total. The Morgan fingerprint density at radius 2 is 1.96 bits per heavy atom. The lowest BCUT2D eigenvalue weighted by Crippen LogP contribution is -2.31. The molecule has 0 unspecified atom stereocenters. The van der Waals surface area contributed by atoms with Crippen LogP contribution in [0.5, 0.6) is 0 Å². The molecule has 0 aromatic carbocycles. The molecule has 0 atom stereocenters. The molecule has 0 N–H and O–H groups in total. The van der Waals surface area contributed by atoms with Gasteiger partial charge < -0.3 is 9.42 Å². The Bertz CT molecular complexity index is 996. The van der Waals surface area contributed by atoms with Crippen LogP contribution in [0.3, 0.4) is 0 Å². The average Bonchev–Trinajstić information content (AvgIpc) is 3.09. The van der Waals surface area contributed by atoms with Gasteiger partial charge in [-0.05, 0) is 32.0 Å². The lowest BCUT2D eigenvalue weighted by molar-refractivity contribution is -0.131. The number of hydrogen-bond acceptors (Lipinski definition) is 7. The molecule has 140 valence electrons. The van der Waals surface area contributed by atoms with Crippen LogP contribution in [-0.4, -0.2) is 42.5 Å². The summed E-state index contributed by atoms with van der Waals surface area (Å²) in [6.07, 6.45) is 3.46. The van der Waals surface area contributed by atoms with Crippen LogP contribution in [-0.2, 0) is 17.9 Å². The number of rotatable bonds is 6. The third kappa shape index (κ3) is 4.43. The van der Waals surface area contributed by atoms with Gasteiger partial charge in [0.05, 0.1) is 6.54 Å². The predicted molar refractivity (Wildman–Crippen MR) is 96.6 cm³/mol. The van der Waals surface area contributed by atoms with Gasteiger partial charge in [0.25, 0.3) is 0 Å². The Kier molecular flexibility index (Phi) is 5.39. The van der Waals surface area contributed by atoms with Crippen molar-refractivity contribution in [3.05, 3.63) is 58.4 Å². The monoisotopic (exact) mass is 368 g/mol. The number of amides is 1. The van der Waals surface area contributed by atoms with Crippen LogP contribution in [0, 0.1) is 13.8 Å². The number of aromatic nitrogens is 5. The summed E-state index contributed by atoms with van der Waals surface area (Å²) in [7, 11) is 1.65. The molecule has 9 heteroatoms. The zero-order chi connectivity index (χ0) is 19.4. The molecule has 3 aromatic heterocycles. The van der Waals surface area contributed by atoms with Gasteiger partial charge in [0.1, 0.15) is 0 Å². The minimum absolute atomic E-state index is 0.134. The molecule has 0 aliphatic rings. The molecule has 3 rings (SSSR count). The first-order valence-electron chi connectivity index (χ1n) is 8.46. The fourth-order valence-corrected chi connectivity index (χ4v) is 2.67. The summed E-state index contributed by atoms with van der Waals surface area (Å²) in [6.45, 7) is 4.05. The topological polar surface area (TPSA) is 107 Å². The summed E-state index contributed by atoms with van der Waals surface area (Å²) in [5, 5.41) is 3.92. The standard InChI is InChI=1S/C18H20N6O3/c1-12-10-13(2)24(18(26)20-12)9-6-16(25)23(3)11-15-21-17(22-27-15)14-4-7-19-8-5-14/h4-5,7-8,10H,6,9,11H2,1-3H3. The van der Waals surface area contributed by atoms with Crippen LogP contribution >= 0.6 is 0 Å². The second-order valence-electron chi connectivity index (χ2n) is 6.22. The number of nitrogens with zero attached hydrogens (tertiary/aromatic N) is 6. The van der Waals surface area contributed by atoms with E-state index in [0.29, 0.717) is 17.4 Å². The molecule has 0 saturated heterocycles. The Balaban J connectivity index is 1.60. The molecule has 3 heterocycles. The Hall–Kier alpha value is -3.36. The Morgan fingerprint density at radius 3 is 2.67 bits per heavy atom. The molecule has 0 bridgehead atoms.